The number of aromatic nitrogens is 2. The molecule has 0 aliphatic carbocycles. The van der Waals surface area contributed by atoms with Crippen molar-refractivity contribution in [3.63, 3.8) is 0 Å². The standard InChI is InChI=1S/C9H8N4O2S/c14-8(6-2-1-5-16-6)12-13-9(15)7-10-3-4-11-7/h1-5H,(H,10,11)(H,12,14)(H,13,15). The highest BCUT2D eigenvalue weighted by molar-refractivity contribution is 7.12. The number of H-pyrrole nitrogens is 1. The molecule has 0 aliphatic heterocycles. The second-order valence-electron chi connectivity index (χ2n) is 2.82. The molecule has 82 valence electrons. The quantitative estimate of drug-likeness (QED) is 0.665. The molecular weight excluding hydrogens is 228 g/mol. The Morgan fingerprint density at radius 1 is 1.31 bits per heavy atom. The SMILES string of the molecule is O=C(NNC(=O)c1cccs1)c1ncc[nH]1. The Morgan fingerprint density at radius 2 is 2.12 bits per heavy atom. The molecule has 0 aliphatic rings. The average molecular weight is 236 g/mol. The van der Waals surface area contributed by atoms with Gasteiger partial charge >= 0.3 is 5.91 Å². The summed E-state index contributed by atoms with van der Waals surface area (Å²) in [5.74, 6) is -0.698. The van der Waals surface area contributed by atoms with Crippen molar-refractivity contribution in [1.82, 2.24) is 20.8 Å². The highest BCUT2D eigenvalue weighted by atomic mass is 32.1. The van der Waals surface area contributed by atoms with Gasteiger partial charge in [-0.1, -0.05) is 6.07 Å². The van der Waals surface area contributed by atoms with Crippen LogP contribution in [0.25, 0.3) is 0 Å². The van der Waals surface area contributed by atoms with Crippen LogP contribution in [0.15, 0.2) is 29.9 Å². The zero-order valence-corrected chi connectivity index (χ0v) is 8.88. The largest absolute Gasteiger partial charge is 0.340 e. The molecular formula is C9H8N4O2S. The van der Waals surface area contributed by atoms with E-state index in [1.807, 2.05) is 0 Å². The van der Waals surface area contributed by atoms with Crippen LogP contribution in [0.1, 0.15) is 20.3 Å². The third-order valence-electron chi connectivity index (χ3n) is 1.75. The van der Waals surface area contributed by atoms with Crippen molar-refractivity contribution in [3.05, 3.63) is 40.6 Å². The van der Waals surface area contributed by atoms with E-state index in [2.05, 4.69) is 20.8 Å². The summed E-state index contributed by atoms with van der Waals surface area (Å²) in [6.07, 6.45) is 2.98. The van der Waals surface area contributed by atoms with Crippen LogP contribution in [0, 0.1) is 0 Å². The van der Waals surface area contributed by atoms with Crippen molar-refractivity contribution in [2.24, 2.45) is 0 Å². The molecule has 0 saturated carbocycles. The van der Waals surface area contributed by atoms with Gasteiger partial charge in [-0.05, 0) is 11.4 Å². The van der Waals surface area contributed by atoms with Gasteiger partial charge in [0.2, 0.25) is 0 Å². The number of aromatic amines is 1. The summed E-state index contributed by atoms with van der Waals surface area (Å²) in [4.78, 5) is 29.7. The number of nitrogens with zero attached hydrogens (tertiary/aromatic N) is 1. The summed E-state index contributed by atoms with van der Waals surface area (Å²) < 4.78 is 0. The first kappa shape index (κ1) is 10.4. The minimum absolute atomic E-state index is 0.145. The van der Waals surface area contributed by atoms with Crippen molar-refractivity contribution in [3.8, 4) is 0 Å². The first-order valence-electron chi connectivity index (χ1n) is 4.41. The first-order valence-corrected chi connectivity index (χ1v) is 5.29. The fourth-order valence-electron chi connectivity index (χ4n) is 1.03. The maximum atomic E-state index is 11.4. The van der Waals surface area contributed by atoms with Gasteiger partial charge in [0, 0.05) is 12.4 Å². The fourth-order valence-corrected chi connectivity index (χ4v) is 1.65. The summed E-state index contributed by atoms with van der Waals surface area (Å²) in [5.41, 5.74) is 4.53. The zero-order valence-electron chi connectivity index (χ0n) is 8.06. The van der Waals surface area contributed by atoms with Crippen LogP contribution in [0.3, 0.4) is 0 Å². The maximum absolute atomic E-state index is 11.4. The van der Waals surface area contributed by atoms with E-state index >= 15 is 0 Å². The zero-order chi connectivity index (χ0) is 11.4. The van der Waals surface area contributed by atoms with Crippen LogP contribution in [-0.2, 0) is 0 Å². The Hall–Kier alpha value is -2.15. The second-order valence-corrected chi connectivity index (χ2v) is 3.77. The molecule has 0 saturated heterocycles. The van der Waals surface area contributed by atoms with Gasteiger partial charge in [0.1, 0.15) is 0 Å². The fraction of sp³-hybridized carbons (Fsp3) is 0. The van der Waals surface area contributed by atoms with Gasteiger partial charge in [-0.15, -0.1) is 11.3 Å². The summed E-state index contributed by atoms with van der Waals surface area (Å²) >= 11 is 1.29. The van der Waals surface area contributed by atoms with Crippen LogP contribution in [0.4, 0.5) is 0 Å². The lowest BCUT2D eigenvalue weighted by Crippen LogP contribution is -2.41. The molecule has 2 heterocycles. The van der Waals surface area contributed by atoms with E-state index in [9.17, 15) is 9.59 Å². The molecule has 2 rings (SSSR count). The van der Waals surface area contributed by atoms with E-state index in [1.165, 1.54) is 23.7 Å². The van der Waals surface area contributed by atoms with Crippen molar-refractivity contribution in [2.45, 2.75) is 0 Å². The molecule has 0 atom stereocenters. The Labute approximate surface area is 94.7 Å². The highest BCUT2D eigenvalue weighted by Crippen LogP contribution is 2.06. The Kier molecular flexibility index (Phi) is 2.97. The van der Waals surface area contributed by atoms with Crippen LogP contribution < -0.4 is 10.9 Å². The molecule has 3 N–H and O–H groups in total. The molecule has 0 radical (unpaired) electrons. The Bertz CT molecular complexity index is 431. The minimum atomic E-state index is -0.491. The van der Waals surface area contributed by atoms with Crippen LogP contribution >= 0.6 is 11.3 Å². The molecule has 0 bridgehead atoms. The summed E-state index contributed by atoms with van der Waals surface area (Å²) in [5, 5.41) is 1.78. The van der Waals surface area contributed by atoms with E-state index in [1.54, 1.807) is 17.5 Å². The van der Waals surface area contributed by atoms with Crippen LogP contribution in [-0.4, -0.2) is 21.8 Å². The molecule has 0 fully saturated rings. The molecule has 2 amide bonds. The molecule has 0 spiro atoms. The molecule has 2 aromatic rings. The van der Waals surface area contributed by atoms with Gasteiger partial charge in [-0.25, -0.2) is 4.98 Å². The van der Waals surface area contributed by atoms with Gasteiger partial charge in [-0.3, -0.25) is 20.4 Å². The van der Waals surface area contributed by atoms with Gasteiger partial charge in [0.15, 0.2) is 5.82 Å². The van der Waals surface area contributed by atoms with E-state index in [0.717, 1.165) is 0 Å². The first-order chi connectivity index (χ1) is 7.77. The van der Waals surface area contributed by atoms with E-state index in [0.29, 0.717) is 4.88 Å². The molecule has 16 heavy (non-hydrogen) atoms. The number of amides is 2. The summed E-state index contributed by atoms with van der Waals surface area (Å²) in [6.45, 7) is 0. The minimum Gasteiger partial charge on any atom is -0.340 e. The number of thiophene rings is 1. The van der Waals surface area contributed by atoms with Crippen LogP contribution in [0.5, 0.6) is 0 Å². The predicted octanol–water partition coefficient (Wildman–Crippen LogP) is 0.546. The third-order valence-corrected chi connectivity index (χ3v) is 2.62. The lowest BCUT2D eigenvalue weighted by molar-refractivity contribution is 0.0843. The number of hydrogen-bond acceptors (Lipinski definition) is 4. The number of hydrazine groups is 1. The normalized spacial score (nSPS) is 9.75. The monoisotopic (exact) mass is 236 g/mol. The van der Waals surface area contributed by atoms with Gasteiger partial charge in [0.05, 0.1) is 4.88 Å². The molecule has 6 nitrogen and oxygen atoms in total. The lowest BCUT2D eigenvalue weighted by atomic mass is 10.4. The summed E-state index contributed by atoms with van der Waals surface area (Å²) in [7, 11) is 0. The van der Waals surface area contributed by atoms with Crippen molar-refractivity contribution >= 4 is 23.2 Å². The second kappa shape index (κ2) is 4.58. The average Bonchev–Trinajstić information content (AvgIpc) is 2.95. The smallest absolute Gasteiger partial charge is 0.305 e. The number of imidazole rings is 1. The molecule has 0 aromatic carbocycles. The van der Waals surface area contributed by atoms with Crippen LogP contribution in [0.2, 0.25) is 0 Å². The lowest BCUT2D eigenvalue weighted by Gasteiger charge is -2.03. The Balaban J connectivity index is 1.89. The van der Waals surface area contributed by atoms with E-state index in [-0.39, 0.29) is 11.7 Å². The van der Waals surface area contributed by atoms with Gasteiger partial charge in [0.25, 0.3) is 5.91 Å². The number of carbonyl (C=O) groups is 2. The highest BCUT2D eigenvalue weighted by Gasteiger charge is 2.10. The number of carbonyl (C=O) groups excluding carboxylic acids is 2. The molecule has 0 unspecified atom stereocenters. The molecule has 7 heteroatoms. The maximum Gasteiger partial charge on any atom is 0.305 e. The predicted molar refractivity (Wildman–Crippen MR) is 57.8 cm³/mol. The van der Waals surface area contributed by atoms with E-state index < -0.39 is 5.91 Å². The number of nitrogens with one attached hydrogen (secondary N) is 3. The van der Waals surface area contributed by atoms with Gasteiger partial charge in [-0.2, -0.15) is 0 Å². The topological polar surface area (TPSA) is 86.9 Å². The number of hydrogen-bond donors (Lipinski definition) is 3. The number of rotatable bonds is 2. The third kappa shape index (κ3) is 2.26. The van der Waals surface area contributed by atoms with Crippen molar-refractivity contribution in [1.29, 1.82) is 0 Å². The molecule has 2 aromatic heterocycles. The van der Waals surface area contributed by atoms with Gasteiger partial charge < -0.3 is 4.98 Å². The van der Waals surface area contributed by atoms with Crippen molar-refractivity contribution < 1.29 is 9.59 Å². The van der Waals surface area contributed by atoms with E-state index in [4.69, 9.17) is 0 Å². The summed E-state index contributed by atoms with van der Waals surface area (Å²) in [6, 6.07) is 3.42. The van der Waals surface area contributed by atoms with Crippen molar-refractivity contribution in [2.75, 3.05) is 0 Å². The Morgan fingerprint density at radius 3 is 2.75 bits per heavy atom.